The van der Waals surface area contributed by atoms with Crippen molar-refractivity contribution in [3.05, 3.63) is 30.0 Å². The molecule has 0 fully saturated rings. The number of rotatable bonds is 5. The van der Waals surface area contributed by atoms with Crippen molar-refractivity contribution in [3.63, 3.8) is 0 Å². The summed E-state index contributed by atoms with van der Waals surface area (Å²) in [6.07, 6.45) is 4.28. The van der Waals surface area contributed by atoms with E-state index in [0.717, 1.165) is 30.2 Å². The van der Waals surface area contributed by atoms with E-state index in [2.05, 4.69) is 27.3 Å². The Morgan fingerprint density at radius 3 is 2.94 bits per heavy atom. The number of nitrogens with one attached hydrogen (secondary N) is 1. The molecule has 0 aromatic carbocycles. The summed E-state index contributed by atoms with van der Waals surface area (Å²) in [6, 6.07) is 1.87. The van der Waals surface area contributed by atoms with Crippen molar-refractivity contribution in [1.82, 2.24) is 19.7 Å². The second-order valence-corrected chi connectivity index (χ2v) is 4.13. The van der Waals surface area contributed by atoms with Crippen molar-refractivity contribution in [1.29, 1.82) is 0 Å². The zero-order valence-corrected chi connectivity index (χ0v) is 10.7. The van der Waals surface area contributed by atoms with Gasteiger partial charge in [-0.25, -0.2) is 14.6 Å². The summed E-state index contributed by atoms with van der Waals surface area (Å²) >= 11 is 0. The fourth-order valence-corrected chi connectivity index (χ4v) is 1.75. The number of anilines is 2. The lowest BCUT2D eigenvalue weighted by atomic mass is 10.3. The van der Waals surface area contributed by atoms with Crippen LogP contribution in [0.15, 0.2) is 18.6 Å². The Kier molecular flexibility index (Phi) is 3.76. The van der Waals surface area contributed by atoms with Gasteiger partial charge in [0, 0.05) is 12.7 Å². The maximum atomic E-state index is 6.02. The van der Waals surface area contributed by atoms with Crippen LogP contribution in [0.1, 0.15) is 24.7 Å². The van der Waals surface area contributed by atoms with Gasteiger partial charge in [0.25, 0.3) is 0 Å². The standard InChI is InChI=1S/C12H18N6/c1-3-6-18-12(11(13)9(2)17-18)15-7-10-4-5-14-8-16-10/h4-5,8,15H,3,6-7,13H2,1-2H3. The maximum absolute atomic E-state index is 6.02. The molecule has 0 saturated carbocycles. The molecule has 0 aliphatic rings. The largest absolute Gasteiger partial charge is 0.394 e. The molecule has 18 heavy (non-hydrogen) atoms. The van der Waals surface area contributed by atoms with Crippen LogP contribution in [0, 0.1) is 6.92 Å². The van der Waals surface area contributed by atoms with Crippen LogP contribution in [0.25, 0.3) is 0 Å². The van der Waals surface area contributed by atoms with Gasteiger partial charge in [0.05, 0.1) is 23.6 Å². The predicted octanol–water partition coefficient (Wildman–Crippen LogP) is 1.59. The first-order chi connectivity index (χ1) is 8.72. The first-order valence-corrected chi connectivity index (χ1v) is 6.04. The summed E-state index contributed by atoms with van der Waals surface area (Å²) in [4.78, 5) is 8.05. The van der Waals surface area contributed by atoms with Crippen LogP contribution in [0.2, 0.25) is 0 Å². The van der Waals surface area contributed by atoms with Gasteiger partial charge in [0.1, 0.15) is 12.1 Å². The van der Waals surface area contributed by atoms with E-state index < -0.39 is 0 Å². The minimum absolute atomic E-state index is 0.613. The van der Waals surface area contributed by atoms with Gasteiger partial charge in [-0.15, -0.1) is 0 Å². The van der Waals surface area contributed by atoms with E-state index in [1.165, 1.54) is 6.33 Å². The molecule has 3 N–H and O–H groups in total. The number of hydrogen-bond acceptors (Lipinski definition) is 5. The smallest absolute Gasteiger partial charge is 0.148 e. The zero-order valence-electron chi connectivity index (χ0n) is 10.7. The summed E-state index contributed by atoms with van der Waals surface area (Å²) in [5.74, 6) is 0.868. The molecule has 2 heterocycles. The highest BCUT2D eigenvalue weighted by atomic mass is 15.3. The Morgan fingerprint density at radius 2 is 2.28 bits per heavy atom. The average molecular weight is 246 g/mol. The second kappa shape index (κ2) is 5.48. The molecule has 0 spiro atoms. The van der Waals surface area contributed by atoms with Crippen LogP contribution in [-0.4, -0.2) is 19.7 Å². The monoisotopic (exact) mass is 246 g/mol. The van der Waals surface area contributed by atoms with E-state index in [4.69, 9.17) is 5.73 Å². The minimum Gasteiger partial charge on any atom is -0.394 e. The van der Waals surface area contributed by atoms with Gasteiger partial charge < -0.3 is 11.1 Å². The molecule has 0 bridgehead atoms. The van der Waals surface area contributed by atoms with E-state index in [0.29, 0.717) is 12.2 Å². The average Bonchev–Trinajstić information content (AvgIpc) is 2.65. The van der Waals surface area contributed by atoms with Crippen molar-refractivity contribution >= 4 is 11.5 Å². The summed E-state index contributed by atoms with van der Waals surface area (Å²) < 4.78 is 1.91. The van der Waals surface area contributed by atoms with Crippen LogP contribution < -0.4 is 11.1 Å². The van der Waals surface area contributed by atoms with E-state index in [1.807, 2.05) is 17.7 Å². The topological polar surface area (TPSA) is 81.7 Å². The first-order valence-electron chi connectivity index (χ1n) is 6.04. The molecule has 0 amide bonds. The normalized spacial score (nSPS) is 10.6. The lowest BCUT2D eigenvalue weighted by Crippen LogP contribution is -2.10. The first kappa shape index (κ1) is 12.3. The van der Waals surface area contributed by atoms with Crippen LogP contribution in [0.3, 0.4) is 0 Å². The quantitative estimate of drug-likeness (QED) is 0.837. The molecule has 0 radical (unpaired) electrons. The van der Waals surface area contributed by atoms with Crippen molar-refractivity contribution in [3.8, 4) is 0 Å². The maximum Gasteiger partial charge on any atom is 0.148 e. The summed E-state index contributed by atoms with van der Waals surface area (Å²) in [5, 5.41) is 7.70. The Balaban J connectivity index is 2.13. The van der Waals surface area contributed by atoms with Gasteiger partial charge in [-0.1, -0.05) is 6.92 Å². The third kappa shape index (κ3) is 2.58. The highest BCUT2D eigenvalue weighted by molar-refractivity contribution is 5.64. The molecule has 0 aliphatic heterocycles. The summed E-state index contributed by atoms with van der Waals surface area (Å²) in [5.41, 5.74) is 8.50. The molecule has 0 unspecified atom stereocenters. The van der Waals surface area contributed by atoms with Crippen LogP contribution in [0.5, 0.6) is 0 Å². The lowest BCUT2D eigenvalue weighted by Gasteiger charge is -2.09. The Hall–Kier alpha value is -2.11. The third-order valence-corrected chi connectivity index (χ3v) is 2.69. The summed E-state index contributed by atoms with van der Waals surface area (Å²) in [7, 11) is 0. The molecule has 6 heteroatoms. The minimum atomic E-state index is 0.613. The number of nitrogens with two attached hydrogens (primary N) is 1. The second-order valence-electron chi connectivity index (χ2n) is 4.13. The number of aryl methyl sites for hydroxylation is 2. The van der Waals surface area contributed by atoms with E-state index in [9.17, 15) is 0 Å². The molecular weight excluding hydrogens is 228 g/mol. The lowest BCUT2D eigenvalue weighted by molar-refractivity contribution is 0.602. The van der Waals surface area contributed by atoms with E-state index in [-0.39, 0.29) is 0 Å². The highest BCUT2D eigenvalue weighted by Crippen LogP contribution is 2.22. The molecule has 0 atom stereocenters. The molecule has 0 saturated heterocycles. The number of hydrogen-bond donors (Lipinski definition) is 2. The van der Waals surface area contributed by atoms with Crippen molar-refractivity contribution in [2.24, 2.45) is 0 Å². The van der Waals surface area contributed by atoms with E-state index in [1.54, 1.807) is 6.20 Å². The van der Waals surface area contributed by atoms with Gasteiger partial charge in [0.15, 0.2) is 0 Å². The van der Waals surface area contributed by atoms with Crippen LogP contribution >= 0.6 is 0 Å². The van der Waals surface area contributed by atoms with Crippen molar-refractivity contribution < 1.29 is 0 Å². The Labute approximate surface area is 106 Å². The number of nitrogens with zero attached hydrogens (tertiary/aromatic N) is 4. The van der Waals surface area contributed by atoms with Crippen LogP contribution in [-0.2, 0) is 13.1 Å². The molecular formula is C12H18N6. The molecule has 2 aromatic heterocycles. The SMILES string of the molecule is CCCn1nc(C)c(N)c1NCc1ccncn1. The Morgan fingerprint density at radius 1 is 1.44 bits per heavy atom. The fraction of sp³-hybridized carbons (Fsp3) is 0.417. The predicted molar refractivity (Wildman–Crippen MR) is 71.0 cm³/mol. The number of nitrogen functional groups attached to an aromatic ring is 1. The van der Waals surface area contributed by atoms with Gasteiger partial charge in [0.2, 0.25) is 0 Å². The fourth-order valence-electron chi connectivity index (χ4n) is 1.75. The van der Waals surface area contributed by atoms with Gasteiger partial charge >= 0.3 is 0 Å². The molecule has 2 rings (SSSR count). The van der Waals surface area contributed by atoms with Crippen LogP contribution in [0.4, 0.5) is 11.5 Å². The summed E-state index contributed by atoms with van der Waals surface area (Å²) in [6.45, 7) is 5.49. The molecule has 6 nitrogen and oxygen atoms in total. The van der Waals surface area contributed by atoms with E-state index >= 15 is 0 Å². The highest BCUT2D eigenvalue weighted by Gasteiger charge is 2.11. The van der Waals surface area contributed by atoms with Crippen molar-refractivity contribution in [2.45, 2.75) is 33.4 Å². The van der Waals surface area contributed by atoms with Gasteiger partial charge in [-0.05, 0) is 19.4 Å². The van der Waals surface area contributed by atoms with Gasteiger partial charge in [-0.2, -0.15) is 5.10 Å². The third-order valence-electron chi connectivity index (χ3n) is 2.69. The molecule has 0 aliphatic carbocycles. The molecule has 2 aromatic rings. The van der Waals surface area contributed by atoms with Gasteiger partial charge in [-0.3, -0.25) is 0 Å². The molecule has 96 valence electrons. The Bertz CT molecular complexity index is 505. The zero-order chi connectivity index (χ0) is 13.0. The number of aromatic nitrogens is 4. The van der Waals surface area contributed by atoms with Crippen molar-refractivity contribution in [2.75, 3.05) is 11.1 Å².